The molecule has 2 aromatic rings. The third-order valence-electron chi connectivity index (χ3n) is 4.99. The lowest BCUT2D eigenvalue weighted by Crippen LogP contribution is -2.28. The average molecular weight is 412 g/mol. The molecule has 8 heteroatoms. The van der Waals surface area contributed by atoms with Crippen molar-refractivity contribution in [3.05, 3.63) is 42.0 Å². The summed E-state index contributed by atoms with van der Waals surface area (Å²) in [4.78, 5) is 38.4. The zero-order valence-electron chi connectivity index (χ0n) is 17.4. The maximum atomic E-state index is 12.7. The van der Waals surface area contributed by atoms with Gasteiger partial charge in [0.15, 0.2) is 17.3 Å². The maximum absolute atomic E-state index is 12.7. The molecule has 0 aliphatic carbocycles. The molecular weight excluding hydrogens is 388 g/mol. The topological polar surface area (TPSA) is 94.2 Å². The number of hydrogen-bond donors (Lipinski definition) is 1. The minimum absolute atomic E-state index is 0.0783. The van der Waals surface area contributed by atoms with Gasteiger partial charge in [-0.15, -0.1) is 0 Å². The van der Waals surface area contributed by atoms with E-state index in [0.29, 0.717) is 34.2 Å². The Bertz CT molecular complexity index is 962. The van der Waals surface area contributed by atoms with E-state index in [-0.39, 0.29) is 30.6 Å². The first-order chi connectivity index (χ1) is 14.4. The predicted molar refractivity (Wildman–Crippen MR) is 112 cm³/mol. The van der Waals surface area contributed by atoms with Gasteiger partial charge in [0.1, 0.15) is 0 Å². The molecule has 0 radical (unpaired) electrons. The summed E-state index contributed by atoms with van der Waals surface area (Å²) in [6.45, 7) is 1.68. The number of methoxy groups -OCH3 is 3. The first kappa shape index (κ1) is 21.2. The summed E-state index contributed by atoms with van der Waals surface area (Å²) in [7, 11) is 4.50. The van der Waals surface area contributed by atoms with Crippen LogP contribution in [0.25, 0.3) is 0 Å². The third-order valence-corrected chi connectivity index (χ3v) is 4.99. The SMILES string of the molecule is COc1cc(N2CC(C(=O)Nc3cccc(C(C)=O)c3)CC2=O)cc(OC)c1OC. The van der Waals surface area contributed by atoms with E-state index in [0.717, 1.165) is 0 Å². The number of benzene rings is 2. The molecule has 2 aromatic carbocycles. The Labute approximate surface area is 174 Å². The monoisotopic (exact) mass is 412 g/mol. The summed E-state index contributed by atoms with van der Waals surface area (Å²) in [5.74, 6) is 0.200. The molecule has 1 atom stereocenters. The molecule has 30 heavy (non-hydrogen) atoms. The summed E-state index contributed by atoms with van der Waals surface area (Å²) in [6, 6.07) is 10.1. The number of Topliss-reactive ketones (excluding diaryl/α,β-unsaturated/α-hetero) is 1. The standard InChI is InChI=1S/C22H24N2O6/c1-13(25)14-6-5-7-16(8-14)23-22(27)15-9-20(26)24(12-15)17-10-18(28-2)21(30-4)19(11-17)29-3/h5-8,10-11,15H,9,12H2,1-4H3,(H,23,27). The average Bonchev–Trinajstić information content (AvgIpc) is 3.14. The number of amides is 2. The Balaban J connectivity index is 1.79. The van der Waals surface area contributed by atoms with Gasteiger partial charge in [-0.3, -0.25) is 14.4 Å². The lowest BCUT2D eigenvalue weighted by Gasteiger charge is -2.20. The normalized spacial score (nSPS) is 15.7. The fourth-order valence-corrected chi connectivity index (χ4v) is 3.42. The molecule has 1 N–H and O–H groups in total. The second-order valence-electron chi connectivity index (χ2n) is 6.92. The van der Waals surface area contributed by atoms with Gasteiger partial charge in [0, 0.05) is 36.3 Å². The van der Waals surface area contributed by atoms with Crippen molar-refractivity contribution in [2.24, 2.45) is 5.92 Å². The number of ether oxygens (including phenoxy) is 3. The van der Waals surface area contributed by atoms with Gasteiger partial charge in [-0.25, -0.2) is 0 Å². The van der Waals surface area contributed by atoms with Gasteiger partial charge in [0.25, 0.3) is 0 Å². The molecule has 0 bridgehead atoms. The van der Waals surface area contributed by atoms with Crippen molar-refractivity contribution in [3.8, 4) is 17.2 Å². The summed E-state index contributed by atoms with van der Waals surface area (Å²) >= 11 is 0. The first-order valence-corrected chi connectivity index (χ1v) is 9.40. The molecule has 1 saturated heterocycles. The smallest absolute Gasteiger partial charge is 0.229 e. The highest BCUT2D eigenvalue weighted by Gasteiger charge is 2.36. The van der Waals surface area contributed by atoms with Gasteiger partial charge in [0.05, 0.1) is 32.9 Å². The van der Waals surface area contributed by atoms with Crippen LogP contribution in [0.5, 0.6) is 17.2 Å². The molecule has 1 unspecified atom stereocenters. The van der Waals surface area contributed by atoms with Gasteiger partial charge < -0.3 is 24.4 Å². The van der Waals surface area contributed by atoms with Gasteiger partial charge >= 0.3 is 0 Å². The minimum Gasteiger partial charge on any atom is -0.493 e. The van der Waals surface area contributed by atoms with Crippen LogP contribution < -0.4 is 24.4 Å². The minimum atomic E-state index is -0.530. The van der Waals surface area contributed by atoms with Crippen LogP contribution in [0.15, 0.2) is 36.4 Å². The molecule has 1 aliphatic rings. The molecule has 1 heterocycles. The number of nitrogens with zero attached hydrogens (tertiary/aromatic N) is 1. The Kier molecular flexibility index (Phi) is 6.25. The molecule has 2 amide bonds. The highest BCUT2D eigenvalue weighted by molar-refractivity contribution is 6.04. The van der Waals surface area contributed by atoms with E-state index in [1.165, 1.54) is 33.2 Å². The largest absolute Gasteiger partial charge is 0.493 e. The zero-order valence-corrected chi connectivity index (χ0v) is 17.4. The van der Waals surface area contributed by atoms with Crippen LogP contribution in [-0.2, 0) is 9.59 Å². The second kappa shape index (κ2) is 8.86. The number of ketones is 1. The fourth-order valence-electron chi connectivity index (χ4n) is 3.42. The van der Waals surface area contributed by atoms with Gasteiger partial charge in [-0.05, 0) is 19.1 Å². The Morgan fingerprint density at radius 3 is 2.27 bits per heavy atom. The number of hydrogen-bond acceptors (Lipinski definition) is 6. The lowest BCUT2D eigenvalue weighted by molar-refractivity contribution is -0.122. The van der Waals surface area contributed by atoms with E-state index < -0.39 is 5.92 Å². The van der Waals surface area contributed by atoms with Crippen LogP contribution in [-0.4, -0.2) is 45.5 Å². The van der Waals surface area contributed by atoms with Crippen LogP contribution in [0.2, 0.25) is 0 Å². The van der Waals surface area contributed by atoms with E-state index in [2.05, 4.69) is 5.32 Å². The molecule has 3 rings (SSSR count). The molecular formula is C22H24N2O6. The van der Waals surface area contributed by atoms with Crippen molar-refractivity contribution in [1.82, 2.24) is 0 Å². The molecule has 0 saturated carbocycles. The Morgan fingerprint density at radius 2 is 1.70 bits per heavy atom. The van der Waals surface area contributed by atoms with Crippen LogP contribution in [0.3, 0.4) is 0 Å². The van der Waals surface area contributed by atoms with Gasteiger partial charge in [0.2, 0.25) is 17.6 Å². The highest BCUT2D eigenvalue weighted by Crippen LogP contribution is 2.42. The first-order valence-electron chi connectivity index (χ1n) is 9.40. The van der Waals surface area contributed by atoms with Crippen molar-refractivity contribution < 1.29 is 28.6 Å². The maximum Gasteiger partial charge on any atom is 0.229 e. The van der Waals surface area contributed by atoms with Crippen LogP contribution in [0.4, 0.5) is 11.4 Å². The molecule has 1 fully saturated rings. The number of nitrogens with one attached hydrogen (secondary N) is 1. The van der Waals surface area contributed by atoms with Crippen LogP contribution in [0, 0.1) is 5.92 Å². The molecule has 1 aliphatic heterocycles. The van der Waals surface area contributed by atoms with Crippen LogP contribution >= 0.6 is 0 Å². The summed E-state index contributed by atoms with van der Waals surface area (Å²) in [6.07, 6.45) is 0.0783. The summed E-state index contributed by atoms with van der Waals surface area (Å²) in [5.41, 5.74) is 1.59. The van der Waals surface area contributed by atoms with Crippen molar-refractivity contribution >= 4 is 29.0 Å². The molecule has 0 aromatic heterocycles. The van der Waals surface area contributed by atoms with Crippen molar-refractivity contribution in [2.45, 2.75) is 13.3 Å². The van der Waals surface area contributed by atoms with Gasteiger partial charge in [-0.2, -0.15) is 0 Å². The fraction of sp³-hybridized carbons (Fsp3) is 0.318. The van der Waals surface area contributed by atoms with E-state index in [1.54, 1.807) is 36.4 Å². The Morgan fingerprint density at radius 1 is 1.03 bits per heavy atom. The number of anilines is 2. The number of carbonyl (C=O) groups excluding carboxylic acids is 3. The highest BCUT2D eigenvalue weighted by atomic mass is 16.5. The van der Waals surface area contributed by atoms with E-state index in [4.69, 9.17) is 14.2 Å². The third kappa shape index (κ3) is 4.22. The Hall–Kier alpha value is -3.55. The molecule has 158 valence electrons. The quantitative estimate of drug-likeness (QED) is 0.703. The summed E-state index contributed by atoms with van der Waals surface area (Å²) in [5, 5.41) is 2.80. The van der Waals surface area contributed by atoms with Crippen molar-refractivity contribution in [2.75, 3.05) is 38.1 Å². The van der Waals surface area contributed by atoms with Crippen molar-refractivity contribution in [3.63, 3.8) is 0 Å². The lowest BCUT2D eigenvalue weighted by atomic mass is 10.1. The van der Waals surface area contributed by atoms with E-state index in [9.17, 15) is 14.4 Å². The number of rotatable bonds is 7. The second-order valence-corrected chi connectivity index (χ2v) is 6.92. The predicted octanol–water partition coefficient (Wildman–Crippen LogP) is 2.91. The van der Waals surface area contributed by atoms with Crippen molar-refractivity contribution in [1.29, 1.82) is 0 Å². The molecule has 8 nitrogen and oxygen atoms in total. The van der Waals surface area contributed by atoms with E-state index in [1.807, 2.05) is 0 Å². The number of carbonyl (C=O) groups is 3. The van der Waals surface area contributed by atoms with Gasteiger partial charge in [-0.1, -0.05) is 12.1 Å². The zero-order chi connectivity index (χ0) is 21.8. The van der Waals surface area contributed by atoms with Crippen LogP contribution in [0.1, 0.15) is 23.7 Å². The van der Waals surface area contributed by atoms with E-state index >= 15 is 0 Å². The summed E-state index contributed by atoms with van der Waals surface area (Å²) < 4.78 is 16.0. The molecule has 0 spiro atoms.